The number of thiazole rings is 1. The average molecular weight is 273 g/mol. The maximum atomic E-state index is 6.10. The third-order valence-corrected chi connectivity index (χ3v) is 3.74. The zero-order chi connectivity index (χ0) is 11.5. The summed E-state index contributed by atoms with van der Waals surface area (Å²) in [5, 5.41) is 1.23. The second-order valence-electron chi connectivity index (χ2n) is 3.41. The monoisotopic (exact) mass is 272 g/mol. The van der Waals surface area contributed by atoms with Crippen LogP contribution in [0.3, 0.4) is 0 Å². The summed E-state index contributed by atoms with van der Waals surface area (Å²) in [7, 11) is 0. The number of halogens is 2. The largest absolute Gasteiger partial charge is 0.324 e. The molecule has 5 heteroatoms. The quantitative estimate of drug-likeness (QED) is 0.926. The molecule has 0 radical (unpaired) electrons. The van der Waals surface area contributed by atoms with Crippen LogP contribution in [0.15, 0.2) is 29.9 Å². The van der Waals surface area contributed by atoms with Gasteiger partial charge in [0.2, 0.25) is 0 Å². The molecule has 2 aromatic rings. The standard InChI is InChI=1S/C11H10Cl2N2S/c12-8-2-1-3-9(13)11(8)10(14)4-7-5-15-6-16-7/h1-3,5-6,10H,4,14H2. The van der Waals surface area contributed by atoms with Crippen molar-refractivity contribution in [3.63, 3.8) is 0 Å². The summed E-state index contributed by atoms with van der Waals surface area (Å²) in [5.41, 5.74) is 8.69. The van der Waals surface area contributed by atoms with E-state index >= 15 is 0 Å². The molecule has 0 amide bonds. The van der Waals surface area contributed by atoms with Crippen molar-refractivity contribution in [2.45, 2.75) is 12.5 Å². The Bertz CT molecular complexity index is 451. The lowest BCUT2D eigenvalue weighted by Crippen LogP contribution is -2.13. The van der Waals surface area contributed by atoms with Crippen LogP contribution in [0.25, 0.3) is 0 Å². The van der Waals surface area contributed by atoms with E-state index in [1.54, 1.807) is 29.0 Å². The minimum absolute atomic E-state index is 0.193. The van der Waals surface area contributed by atoms with E-state index in [0.29, 0.717) is 16.5 Å². The minimum atomic E-state index is -0.193. The van der Waals surface area contributed by atoms with Crippen LogP contribution in [0, 0.1) is 0 Å². The normalized spacial score (nSPS) is 12.7. The molecular weight excluding hydrogens is 263 g/mol. The van der Waals surface area contributed by atoms with Crippen LogP contribution >= 0.6 is 34.5 Å². The molecular formula is C11H10Cl2N2S. The summed E-state index contributed by atoms with van der Waals surface area (Å²) in [4.78, 5) is 5.14. The van der Waals surface area contributed by atoms with Crippen LogP contribution < -0.4 is 5.73 Å². The lowest BCUT2D eigenvalue weighted by Gasteiger charge is -2.14. The molecule has 0 aliphatic heterocycles. The van der Waals surface area contributed by atoms with Crippen LogP contribution in [0.2, 0.25) is 10.0 Å². The average Bonchev–Trinajstić information content (AvgIpc) is 2.70. The van der Waals surface area contributed by atoms with Crippen molar-refractivity contribution in [2.24, 2.45) is 5.73 Å². The molecule has 0 fully saturated rings. The molecule has 1 unspecified atom stereocenters. The number of hydrogen-bond donors (Lipinski definition) is 1. The molecule has 2 N–H and O–H groups in total. The van der Waals surface area contributed by atoms with E-state index in [1.165, 1.54) is 0 Å². The fraction of sp³-hybridized carbons (Fsp3) is 0.182. The van der Waals surface area contributed by atoms with Gasteiger partial charge in [-0.1, -0.05) is 29.3 Å². The molecule has 2 nitrogen and oxygen atoms in total. The molecule has 84 valence electrons. The summed E-state index contributed by atoms with van der Waals surface area (Å²) >= 11 is 13.8. The van der Waals surface area contributed by atoms with Gasteiger partial charge >= 0.3 is 0 Å². The smallest absolute Gasteiger partial charge is 0.0794 e. The van der Waals surface area contributed by atoms with Gasteiger partial charge in [0, 0.05) is 39.1 Å². The highest BCUT2D eigenvalue weighted by Gasteiger charge is 2.15. The van der Waals surface area contributed by atoms with Crippen molar-refractivity contribution in [1.82, 2.24) is 4.98 Å². The molecule has 0 aliphatic rings. The van der Waals surface area contributed by atoms with Gasteiger partial charge in [-0.05, 0) is 12.1 Å². The topological polar surface area (TPSA) is 38.9 Å². The molecule has 0 saturated heterocycles. The summed E-state index contributed by atoms with van der Waals surface area (Å²) in [6, 6.07) is 5.22. The number of hydrogen-bond acceptors (Lipinski definition) is 3. The number of aromatic nitrogens is 1. The van der Waals surface area contributed by atoms with Crippen molar-refractivity contribution in [3.8, 4) is 0 Å². The van der Waals surface area contributed by atoms with Crippen LogP contribution in [-0.2, 0) is 6.42 Å². The predicted octanol–water partition coefficient (Wildman–Crippen LogP) is 3.69. The van der Waals surface area contributed by atoms with Crippen LogP contribution in [0.5, 0.6) is 0 Å². The SMILES string of the molecule is NC(Cc1cncs1)c1c(Cl)cccc1Cl. The Morgan fingerprint density at radius 2 is 2.00 bits per heavy atom. The maximum Gasteiger partial charge on any atom is 0.0794 e. The van der Waals surface area contributed by atoms with Gasteiger partial charge in [0.1, 0.15) is 0 Å². The van der Waals surface area contributed by atoms with Gasteiger partial charge in [0.15, 0.2) is 0 Å². The molecule has 1 aromatic heterocycles. The zero-order valence-corrected chi connectivity index (χ0v) is 10.7. The molecule has 1 atom stereocenters. The fourth-order valence-corrected chi connectivity index (χ4v) is 2.86. The minimum Gasteiger partial charge on any atom is -0.324 e. The summed E-state index contributed by atoms with van der Waals surface area (Å²) in [5.74, 6) is 0. The maximum absolute atomic E-state index is 6.10. The third kappa shape index (κ3) is 2.55. The third-order valence-electron chi connectivity index (χ3n) is 2.28. The van der Waals surface area contributed by atoms with Gasteiger partial charge in [-0.2, -0.15) is 0 Å². The van der Waals surface area contributed by atoms with E-state index in [9.17, 15) is 0 Å². The van der Waals surface area contributed by atoms with Crippen molar-refractivity contribution in [1.29, 1.82) is 0 Å². The molecule has 0 saturated carbocycles. The van der Waals surface area contributed by atoms with Crippen molar-refractivity contribution in [3.05, 3.63) is 50.4 Å². The lowest BCUT2D eigenvalue weighted by molar-refractivity contribution is 0.729. The Morgan fingerprint density at radius 1 is 1.31 bits per heavy atom. The summed E-state index contributed by atoms with van der Waals surface area (Å²) < 4.78 is 0. The Labute approximate surface area is 108 Å². The highest BCUT2D eigenvalue weighted by atomic mass is 35.5. The first kappa shape index (κ1) is 11.9. The van der Waals surface area contributed by atoms with Crippen LogP contribution in [0.1, 0.15) is 16.5 Å². The van der Waals surface area contributed by atoms with Gasteiger partial charge in [-0.25, -0.2) is 0 Å². The van der Waals surface area contributed by atoms with E-state index < -0.39 is 0 Å². The molecule has 1 aromatic carbocycles. The van der Waals surface area contributed by atoms with Gasteiger partial charge in [-0.3, -0.25) is 4.98 Å². The van der Waals surface area contributed by atoms with E-state index in [0.717, 1.165) is 10.4 Å². The molecule has 0 aliphatic carbocycles. The molecule has 0 spiro atoms. The number of benzene rings is 1. The number of rotatable bonds is 3. The zero-order valence-electron chi connectivity index (χ0n) is 8.36. The van der Waals surface area contributed by atoms with Crippen molar-refractivity contribution < 1.29 is 0 Å². The number of nitrogens with zero attached hydrogens (tertiary/aromatic N) is 1. The first-order valence-corrected chi connectivity index (χ1v) is 6.39. The fourth-order valence-electron chi connectivity index (χ4n) is 1.53. The van der Waals surface area contributed by atoms with E-state index in [2.05, 4.69) is 4.98 Å². The van der Waals surface area contributed by atoms with Crippen LogP contribution in [0.4, 0.5) is 0 Å². The Kier molecular flexibility index (Phi) is 3.82. The lowest BCUT2D eigenvalue weighted by atomic mass is 10.0. The summed E-state index contributed by atoms with van der Waals surface area (Å²) in [6.07, 6.45) is 2.52. The van der Waals surface area contributed by atoms with E-state index in [-0.39, 0.29) is 6.04 Å². The predicted molar refractivity (Wildman–Crippen MR) is 69.2 cm³/mol. The molecule has 0 bridgehead atoms. The molecule has 2 rings (SSSR count). The summed E-state index contributed by atoms with van der Waals surface area (Å²) in [6.45, 7) is 0. The number of nitrogens with two attached hydrogens (primary N) is 1. The van der Waals surface area contributed by atoms with Crippen molar-refractivity contribution >= 4 is 34.5 Å². The Balaban J connectivity index is 2.24. The highest BCUT2D eigenvalue weighted by Crippen LogP contribution is 2.31. The second kappa shape index (κ2) is 5.15. The Morgan fingerprint density at radius 3 is 2.56 bits per heavy atom. The van der Waals surface area contributed by atoms with Crippen molar-refractivity contribution in [2.75, 3.05) is 0 Å². The van der Waals surface area contributed by atoms with E-state index in [1.807, 2.05) is 12.3 Å². The van der Waals surface area contributed by atoms with Gasteiger partial charge < -0.3 is 5.73 Å². The van der Waals surface area contributed by atoms with Gasteiger partial charge in [-0.15, -0.1) is 11.3 Å². The highest BCUT2D eigenvalue weighted by molar-refractivity contribution is 7.09. The van der Waals surface area contributed by atoms with E-state index in [4.69, 9.17) is 28.9 Å². The first-order chi connectivity index (χ1) is 7.68. The van der Waals surface area contributed by atoms with Gasteiger partial charge in [0.05, 0.1) is 5.51 Å². The first-order valence-electron chi connectivity index (χ1n) is 4.75. The Hall–Kier alpha value is -0.610. The van der Waals surface area contributed by atoms with Gasteiger partial charge in [0.25, 0.3) is 0 Å². The van der Waals surface area contributed by atoms with Crippen LogP contribution in [-0.4, -0.2) is 4.98 Å². The molecule has 1 heterocycles. The second-order valence-corrected chi connectivity index (χ2v) is 5.20. The molecule has 16 heavy (non-hydrogen) atoms.